The molecule has 6 rings (SSSR count). The van der Waals surface area contributed by atoms with Gasteiger partial charge in [-0.25, -0.2) is 4.98 Å². The number of pyridine rings is 1. The summed E-state index contributed by atoms with van der Waals surface area (Å²) in [5, 5.41) is 3.54. The summed E-state index contributed by atoms with van der Waals surface area (Å²) in [6.07, 6.45) is 0. The van der Waals surface area contributed by atoms with Crippen LogP contribution in [-0.4, -0.2) is 47.6 Å². The lowest BCUT2D eigenvalue weighted by Crippen LogP contribution is -2.51. The maximum Gasteiger partial charge on any atom is 0.280 e. The molecule has 1 atom stereocenters. The number of aryl methyl sites for hydroxylation is 2. The van der Waals surface area contributed by atoms with E-state index in [2.05, 4.69) is 10.3 Å². The molecule has 10 heteroatoms. The average Bonchev–Trinajstić information content (AvgIpc) is 3.53. The Morgan fingerprint density at radius 2 is 1.78 bits per heavy atom. The van der Waals surface area contributed by atoms with E-state index >= 15 is 0 Å². The van der Waals surface area contributed by atoms with Crippen molar-refractivity contribution in [1.82, 2.24) is 14.5 Å². The second kappa shape index (κ2) is 9.34. The van der Waals surface area contributed by atoms with Crippen LogP contribution in [0.5, 0.6) is 5.88 Å². The third-order valence-electron chi connectivity index (χ3n) is 7.80. The van der Waals surface area contributed by atoms with Crippen molar-refractivity contribution in [1.29, 1.82) is 0 Å². The number of nitrogens with zero attached hydrogens (tertiary/aromatic N) is 5. The van der Waals surface area contributed by atoms with Crippen molar-refractivity contribution < 1.29 is 14.3 Å². The molecule has 4 aromatic rings. The highest BCUT2D eigenvalue weighted by Gasteiger charge is 2.64. The van der Waals surface area contributed by atoms with Crippen LogP contribution in [0.3, 0.4) is 0 Å². The van der Waals surface area contributed by atoms with Crippen LogP contribution < -0.4 is 19.9 Å². The van der Waals surface area contributed by atoms with Gasteiger partial charge in [0.25, 0.3) is 11.8 Å². The molecule has 41 heavy (non-hydrogen) atoms. The fraction of sp³-hybridized carbons (Fsp3) is 0.290. The molecule has 0 aliphatic carbocycles. The molecule has 0 saturated carbocycles. The first-order chi connectivity index (χ1) is 19.5. The SMILES string of the molecule is COc1nc(N(C)C)ccc1-c1nc2c(n1C(C)C)C1(C(=O)Nc3cc(C)ccc31)N(c1cc(Cl)ccc1C)C2=O. The van der Waals surface area contributed by atoms with Crippen molar-refractivity contribution in [2.45, 2.75) is 39.3 Å². The minimum absolute atomic E-state index is 0.174. The first-order valence-electron chi connectivity index (χ1n) is 13.4. The Labute approximate surface area is 243 Å². The molecule has 0 radical (unpaired) electrons. The molecule has 2 aromatic carbocycles. The number of hydrogen-bond acceptors (Lipinski definition) is 6. The molecule has 2 aromatic heterocycles. The highest BCUT2D eigenvalue weighted by molar-refractivity contribution is 6.31. The minimum Gasteiger partial charge on any atom is -0.480 e. The van der Waals surface area contributed by atoms with E-state index < -0.39 is 5.54 Å². The molecule has 0 fully saturated rings. The summed E-state index contributed by atoms with van der Waals surface area (Å²) in [6.45, 7) is 7.88. The van der Waals surface area contributed by atoms with Gasteiger partial charge < -0.3 is 19.5 Å². The van der Waals surface area contributed by atoms with Gasteiger partial charge in [0.05, 0.1) is 24.1 Å². The van der Waals surface area contributed by atoms with Crippen molar-refractivity contribution in [3.05, 3.63) is 81.6 Å². The normalized spacial score (nSPS) is 17.3. The van der Waals surface area contributed by atoms with Gasteiger partial charge in [0.2, 0.25) is 5.88 Å². The van der Waals surface area contributed by atoms with E-state index in [4.69, 9.17) is 21.3 Å². The zero-order valence-corrected chi connectivity index (χ0v) is 24.8. The molecule has 0 saturated heterocycles. The van der Waals surface area contributed by atoms with Crippen LogP contribution in [0.4, 0.5) is 17.2 Å². The monoisotopic (exact) mass is 570 g/mol. The van der Waals surface area contributed by atoms with E-state index in [9.17, 15) is 9.59 Å². The van der Waals surface area contributed by atoms with Crippen LogP contribution in [0, 0.1) is 13.8 Å². The molecule has 9 nitrogen and oxygen atoms in total. The van der Waals surface area contributed by atoms with Crippen LogP contribution >= 0.6 is 11.6 Å². The molecule has 0 bridgehead atoms. The van der Waals surface area contributed by atoms with Crippen molar-refractivity contribution in [3.8, 4) is 17.3 Å². The molecular formula is C31H31ClN6O3. The number of hydrogen-bond donors (Lipinski definition) is 1. The van der Waals surface area contributed by atoms with Gasteiger partial charge in [0.1, 0.15) is 11.6 Å². The summed E-state index contributed by atoms with van der Waals surface area (Å²) in [5.74, 6) is 0.883. The van der Waals surface area contributed by atoms with Crippen molar-refractivity contribution in [2.24, 2.45) is 0 Å². The lowest BCUT2D eigenvalue weighted by molar-refractivity contribution is -0.119. The number of halogens is 1. The average molecular weight is 571 g/mol. The highest BCUT2D eigenvalue weighted by Crippen LogP contribution is 2.55. The first kappa shape index (κ1) is 26.8. The molecule has 1 N–H and O–H groups in total. The zero-order valence-electron chi connectivity index (χ0n) is 24.0. The Morgan fingerprint density at radius 1 is 1.02 bits per heavy atom. The summed E-state index contributed by atoms with van der Waals surface area (Å²) in [4.78, 5) is 42.0. The predicted octanol–water partition coefficient (Wildman–Crippen LogP) is 5.73. The van der Waals surface area contributed by atoms with Crippen LogP contribution in [0.15, 0.2) is 48.5 Å². The second-order valence-corrected chi connectivity index (χ2v) is 11.4. The topological polar surface area (TPSA) is 92.6 Å². The number of methoxy groups -OCH3 is 1. The maximum absolute atomic E-state index is 14.5. The molecule has 1 spiro atoms. The van der Waals surface area contributed by atoms with Gasteiger partial charge in [-0.05, 0) is 69.2 Å². The number of nitrogens with one attached hydrogen (secondary N) is 1. The van der Waals surface area contributed by atoms with Gasteiger partial charge in [0.15, 0.2) is 11.2 Å². The van der Waals surface area contributed by atoms with Crippen molar-refractivity contribution in [2.75, 3.05) is 36.3 Å². The first-order valence-corrected chi connectivity index (χ1v) is 13.8. The standard InChI is InChI=1S/C31H31ClN6O3/c1-16(2)37-26-25(35-27(37)20-11-13-24(36(5)6)34-28(20)41-7)29(39)38(23-15-19(32)10-9-18(23)4)31(26)21-12-8-17(3)14-22(21)33-30(31)40/h8-16H,1-7H3,(H,33,40). The summed E-state index contributed by atoms with van der Waals surface area (Å²) >= 11 is 6.45. The second-order valence-electron chi connectivity index (χ2n) is 11.0. The zero-order chi connectivity index (χ0) is 29.4. The summed E-state index contributed by atoms with van der Waals surface area (Å²) in [6, 6.07) is 14.7. The van der Waals surface area contributed by atoms with Gasteiger partial charge >= 0.3 is 0 Å². The third kappa shape index (κ3) is 3.68. The van der Waals surface area contributed by atoms with Crippen molar-refractivity contribution >= 4 is 40.6 Å². The number of imidazole rings is 1. The van der Waals surface area contributed by atoms with Gasteiger partial charge in [-0.2, -0.15) is 4.98 Å². The molecular weight excluding hydrogens is 540 g/mol. The number of rotatable bonds is 5. The summed E-state index contributed by atoms with van der Waals surface area (Å²) < 4.78 is 7.67. The van der Waals surface area contributed by atoms with Gasteiger partial charge in [-0.3, -0.25) is 14.5 Å². The minimum atomic E-state index is -1.51. The van der Waals surface area contributed by atoms with Crippen LogP contribution in [0.2, 0.25) is 5.02 Å². The Morgan fingerprint density at radius 3 is 2.46 bits per heavy atom. The number of aromatic nitrogens is 3. The summed E-state index contributed by atoms with van der Waals surface area (Å²) in [7, 11) is 5.36. The Balaban J connectivity index is 1.72. The Kier molecular flexibility index (Phi) is 6.11. The summed E-state index contributed by atoms with van der Waals surface area (Å²) in [5.41, 5.74) is 3.51. The number of ether oxygens (including phenoxy) is 1. The van der Waals surface area contributed by atoms with Crippen LogP contribution in [0.25, 0.3) is 11.4 Å². The number of amides is 2. The lowest BCUT2D eigenvalue weighted by atomic mass is 9.86. The van der Waals surface area contributed by atoms with Gasteiger partial charge in [0, 0.05) is 36.4 Å². The fourth-order valence-corrected chi connectivity index (χ4v) is 6.14. The molecule has 2 aliphatic heterocycles. The van der Waals surface area contributed by atoms with Crippen molar-refractivity contribution in [3.63, 3.8) is 0 Å². The van der Waals surface area contributed by atoms with E-state index in [0.29, 0.717) is 44.9 Å². The van der Waals surface area contributed by atoms with E-state index in [-0.39, 0.29) is 23.6 Å². The van der Waals surface area contributed by atoms with Gasteiger partial charge in [-0.15, -0.1) is 0 Å². The number of benzene rings is 2. The number of fused-ring (bicyclic) bond motifs is 4. The van der Waals surface area contributed by atoms with Crippen LogP contribution in [-0.2, 0) is 10.3 Å². The van der Waals surface area contributed by atoms with E-state index in [1.807, 2.05) is 87.7 Å². The highest BCUT2D eigenvalue weighted by atomic mass is 35.5. The largest absolute Gasteiger partial charge is 0.480 e. The smallest absolute Gasteiger partial charge is 0.280 e. The Bertz CT molecular complexity index is 1760. The molecule has 210 valence electrons. The maximum atomic E-state index is 14.5. The Hall–Kier alpha value is -4.37. The number of anilines is 3. The fourth-order valence-electron chi connectivity index (χ4n) is 5.97. The molecule has 2 aliphatic rings. The molecule has 4 heterocycles. The van der Waals surface area contributed by atoms with Gasteiger partial charge in [-0.1, -0.05) is 29.8 Å². The quantitative estimate of drug-likeness (QED) is 0.329. The predicted molar refractivity (Wildman–Crippen MR) is 160 cm³/mol. The van der Waals surface area contributed by atoms with E-state index in [0.717, 1.165) is 16.9 Å². The number of carbonyl (C=O) groups is 2. The molecule has 1 unspecified atom stereocenters. The van der Waals surface area contributed by atoms with Crippen LogP contribution in [0.1, 0.15) is 52.8 Å². The van der Waals surface area contributed by atoms with E-state index in [1.54, 1.807) is 24.1 Å². The molecule has 2 amide bonds. The lowest BCUT2D eigenvalue weighted by Gasteiger charge is -2.36. The van der Waals surface area contributed by atoms with E-state index in [1.165, 1.54) is 0 Å². The number of carbonyl (C=O) groups excluding carboxylic acids is 2. The third-order valence-corrected chi connectivity index (χ3v) is 8.04.